The Balaban J connectivity index is 1.84. The standard InChI is InChI=1S/C15H29N3/c1-13-6-2-5-10-18(13)15(12-16)8-11-17-9-4-3-7-14(15)17/h13-14H,2-12,16H2,1H3. The molecule has 0 amide bonds. The van der Waals surface area contributed by atoms with Crippen LogP contribution in [-0.2, 0) is 0 Å². The Hall–Kier alpha value is -0.120. The number of hydrogen-bond donors (Lipinski definition) is 1. The molecule has 3 heteroatoms. The van der Waals surface area contributed by atoms with E-state index >= 15 is 0 Å². The molecule has 3 aliphatic rings. The lowest BCUT2D eigenvalue weighted by molar-refractivity contribution is -0.00593. The van der Waals surface area contributed by atoms with E-state index in [-0.39, 0.29) is 0 Å². The molecule has 0 aliphatic carbocycles. The molecule has 0 bridgehead atoms. The molecule has 3 aliphatic heterocycles. The molecule has 0 aromatic carbocycles. The van der Waals surface area contributed by atoms with E-state index in [4.69, 9.17) is 5.73 Å². The molecular formula is C15H29N3. The first-order valence-electron chi connectivity index (χ1n) is 7.99. The normalized spacial score (nSPS) is 43.0. The Bertz CT molecular complexity index is 293. The van der Waals surface area contributed by atoms with Gasteiger partial charge in [-0.3, -0.25) is 9.80 Å². The van der Waals surface area contributed by atoms with Gasteiger partial charge in [0.15, 0.2) is 0 Å². The lowest BCUT2D eigenvalue weighted by Crippen LogP contribution is -2.64. The number of likely N-dealkylation sites (tertiary alicyclic amines) is 1. The minimum Gasteiger partial charge on any atom is -0.329 e. The van der Waals surface area contributed by atoms with Crippen LogP contribution in [0, 0.1) is 0 Å². The van der Waals surface area contributed by atoms with Crippen LogP contribution in [0.5, 0.6) is 0 Å². The summed E-state index contributed by atoms with van der Waals surface area (Å²) in [6.07, 6.45) is 9.64. The first-order valence-corrected chi connectivity index (χ1v) is 7.99. The van der Waals surface area contributed by atoms with Gasteiger partial charge in [-0.15, -0.1) is 0 Å². The second-order valence-electron chi connectivity index (χ2n) is 6.64. The van der Waals surface area contributed by atoms with Gasteiger partial charge in [-0.25, -0.2) is 0 Å². The first kappa shape index (κ1) is 12.9. The molecule has 18 heavy (non-hydrogen) atoms. The van der Waals surface area contributed by atoms with Gasteiger partial charge in [0.05, 0.1) is 5.54 Å². The van der Waals surface area contributed by atoms with Crippen LogP contribution < -0.4 is 5.73 Å². The number of rotatable bonds is 2. The van der Waals surface area contributed by atoms with Crippen LogP contribution >= 0.6 is 0 Å². The molecule has 3 fully saturated rings. The summed E-state index contributed by atoms with van der Waals surface area (Å²) in [7, 11) is 0. The minimum atomic E-state index is 0.306. The van der Waals surface area contributed by atoms with E-state index in [1.807, 2.05) is 0 Å². The largest absolute Gasteiger partial charge is 0.329 e. The van der Waals surface area contributed by atoms with Crippen LogP contribution in [0.4, 0.5) is 0 Å². The highest BCUT2D eigenvalue weighted by atomic mass is 15.3. The van der Waals surface area contributed by atoms with Crippen molar-refractivity contribution in [2.24, 2.45) is 5.73 Å². The first-order chi connectivity index (χ1) is 8.78. The van der Waals surface area contributed by atoms with Crippen molar-refractivity contribution in [3.8, 4) is 0 Å². The second-order valence-corrected chi connectivity index (χ2v) is 6.64. The number of fused-ring (bicyclic) bond motifs is 1. The van der Waals surface area contributed by atoms with E-state index in [1.165, 1.54) is 64.6 Å². The Morgan fingerprint density at radius 3 is 2.61 bits per heavy atom. The van der Waals surface area contributed by atoms with Gasteiger partial charge in [0.2, 0.25) is 0 Å². The number of piperidine rings is 2. The van der Waals surface area contributed by atoms with Gasteiger partial charge in [0.1, 0.15) is 0 Å². The van der Waals surface area contributed by atoms with Crippen molar-refractivity contribution < 1.29 is 0 Å². The Morgan fingerprint density at radius 2 is 1.83 bits per heavy atom. The van der Waals surface area contributed by atoms with Crippen LogP contribution in [-0.4, -0.2) is 53.6 Å². The van der Waals surface area contributed by atoms with Gasteiger partial charge in [-0.2, -0.15) is 0 Å². The molecule has 0 aromatic rings. The average molecular weight is 251 g/mol. The molecule has 0 saturated carbocycles. The molecule has 3 saturated heterocycles. The summed E-state index contributed by atoms with van der Waals surface area (Å²) in [4.78, 5) is 5.53. The third-order valence-corrected chi connectivity index (χ3v) is 5.79. The van der Waals surface area contributed by atoms with Crippen LogP contribution in [0.25, 0.3) is 0 Å². The van der Waals surface area contributed by atoms with E-state index in [0.717, 1.165) is 18.6 Å². The van der Waals surface area contributed by atoms with Gasteiger partial charge >= 0.3 is 0 Å². The van der Waals surface area contributed by atoms with Gasteiger partial charge in [-0.1, -0.05) is 12.8 Å². The highest BCUT2D eigenvalue weighted by Gasteiger charge is 2.51. The predicted octanol–water partition coefficient (Wildman–Crippen LogP) is 1.82. The number of nitrogens with two attached hydrogens (primary N) is 1. The van der Waals surface area contributed by atoms with Crippen molar-refractivity contribution in [3.63, 3.8) is 0 Å². The predicted molar refractivity (Wildman–Crippen MR) is 75.6 cm³/mol. The highest BCUT2D eigenvalue weighted by molar-refractivity contribution is 5.10. The molecule has 0 spiro atoms. The van der Waals surface area contributed by atoms with Crippen LogP contribution in [0.3, 0.4) is 0 Å². The van der Waals surface area contributed by atoms with Gasteiger partial charge < -0.3 is 5.73 Å². The van der Waals surface area contributed by atoms with Gasteiger partial charge in [0.25, 0.3) is 0 Å². The summed E-state index contributed by atoms with van der Waals surface area (Å²) in [5.74, 6) is 0. The number of nitrogens with zero attached hydrogens (tertiary/aromatic N) is 2. The van der Waals surface area contributed by atoms with E-state index in [0.29, 0.717) is 5.54 Å². The van der Waals surface area contributed by atoms with Crippen molar-refractivity contribution >= 4 is 0 Å². The fourth-order valence-electron chi connectivity index (χ4n) is 4.82. The molecular weight excluding hydrogens is 222 g/mol. The minimum absolute atomic E-state index is 0.306. The molecule has 0 aromatic heterocycles. The lowest BCUT2D eigenvalue weighted by Gasteiger charge is -2.51. The second kappa shape index (κ2) is 5.10. The highest BCUT2D eigenvalue weighted by Crippen LogP contribution is 2.41. The molecule has 0 radical (unpaired) electrons. The van der Waals surface area contributed by atoms with E-state index < -0.39 is 0 Å². The SMILES string of the molecule is CC1CCCCN1C1(CN)CCN2CCCCC21. The van der Waals surface area contributed by atoms with E-state index in [2.05, 4.69) is 16.7 Å². The summed E-state index contributed by atoms with van der Waals surface area (Å²) in [5.41, 5.74) is 6.61. The molecule has 3 unspecified atom stereocenters. The van der Waals surface area contributed by atoms with Crippen LogP contribution in [0.2, 0.25) is 0 Å². The third kappa shape index (κ3) is 1.91. The molecule has 3 nitrogen and oxygen atoms in total. The zero-order valence-electron chi connectivity index (χ0n) is 11.9. The van der Waals surface area contributed by atoms with E-state index in [9.17, 15) is 0 Å². The Labute approximate surface area is 112 Å². The van der Waals surface area contributed by atoms with Crippen LogP contribution in [0.15, 0.2) is 0 Å². The summed E-state index contributed by atoms with van der Waals surface area (Å²) in [6, 6.07) is 1.49. The maximum atomic E-state index is 6.30. The lowest BCUT2D eigenvalue weighted by atomic mass is 9.81. The number of hydrogen-bond acceptors (Lipinski definition) is 3. The smallest absolute Gasteiger partial charge is 0.0501 e. The van der Waals surface area contributed by atoms with Crippen molar-refractivity contribution in [3.05, 3.63) is 0 Å². The van der Waals surface area contributed by atoms with Gasteiger partial charge in [-0.05, 0) is 52.1 Å². The van der Waals surface area contributed by atoms with Crippen LogP contribution in [0.1, 0.15) is 51.9 Å². The van der Waals surface area contributed by atoms with Gasteiger partial charge in [0, 0.05) is 25.2 Å². The molecule has 104 valence electrons. The van der Waals surface area contributed by atoms with Crippen molar-refractivity contribution in [2.75, 3.05) is 26.2 Å². The zero-order valence-corrected chi connectivity index (χ0v) is 11.9. The summed E-state index contributed by atoms with van der Waals surface area (Å²) < 4.78 is 0. The molecule has 3 rings (SSSR count). The zero-order chi connectivity index (χ0) is 12.6. The Kier molecular flexibility index (Phi) is 3.65. The molecule has 3 heterocycles. The summed E-state index contributed by atoms with van der Waals surface area (Å²) in [5, 5.41) is 0. The Morgan fingerprint density at radius 1 is 1.06 bits per heavy atom. The summed E-state index contributed by atoms with van der Waals surface area (Å²) in [6.45, 7) is 7.16. The fourth-order valence-corrected chi connectivity index (χ4v) is 4.82. The topological polar surface area (TPSA) is 32.5 Å². The van der Waals surface area contributed by atoms with Crippen molar-refractivity contribution in [1.29, 1.82) is 0 Å². The molecule has 2 N–H and O–H groups in total. The van der Waals surface area contributed by atoms with Crippen molar-refractivity contribution in [1.82, 2.24) is 9.80 Å². The quantitative estimate of drug-likeness (QED) is 0.812. The third-order valence-electron chi connectivity index (χ3n) is 5.79. The molecule has 3 atom stereocenters. The van der Waals surface area contributed by atoms with Crippen molar-refractivity contribution in [2.45, 2.75) is 69.5 Å². The monoisotopic (exact) mass is 251 g/mol. The average Bonchev–Trinajstić information content (AvgIpc) is 2.79. The van der Waals surface area contributed by atoms with E-state index in [1.54, 1.807) is 0 Å². The maximum absolute atomic E-state index is 6.30. The summed E-state index contributed by atoms with van der Waals surface area (Å²) >= 11 is 0. The maximum Gasteiger partial charge on any atom is 0.0501 e. The fraction of sp³-hybridized carbons (Fsp3) is 1.00.